The summed E-state index contributed by atoms with van der Waals surface area (Å²) in [6, 6.07) is 8.00. The predicted octanol–water partition coefficient (Wildman–Crippen LogP) is 3.36. The minimum absolute atomic E-state index is 0.0637. The van der Waals surface area contributed by atoms with Crippen molar-refractivity contribution < 1.29 is 13.9 Å². The van der Waals surface area contributed by atoms with Crippen LogP contribution in [0, 0.1) is 11.7 Å². The summed E-state index contributed by atoms with van der Waals surface area (Å²) in [7, 11) is 0. The topological polar surface area (TPSA) is 47.4 Å². The summed E-state index contributed by atoms with van der Waals surface area (Å²) in [5.74, 6) is 0.888. The first-order valence-corrected chi connectivity index (χ1v) is 8.87. The number of hydrogen-bond donors (Lipinski definition) is 0. The van der Waals surface area contributed by atoms with E-state index in [1.807, 2.05) is 11.8 Å². The molecule has 1 aliphatic rings. The summed E-state index contributed by atoms with van der Waals surface area (Å²) in [6.45, 7) is 4.78. The van der Waals surface area contributed by atoms with E-state index in [1.165, 1.54) is 12.1 Å². The zero-order valence-corrected chi connectivity index (χ0v) is 14.5. The van der Waals surface area contributed by atoms with Crippen molar-refractivity contribution in [1.82, 2.24) is 14.7 Å². The second kappa shape index (κ2) is 8.14. The van der Waals surface area contributed by atoms with Crippen molar-refractivity contribution >= 4 is 5.91 Å². The van der Waals surface area contributed by atoms with Crippen LogP contribution in [0.15, 0.2) is 36.5 Å². The summed E-state index contributed by atoms with van der Waals surface area (Å²) in [6.07, 6.45) is 4.54. The SMILES string of the molecule is CCn1nccc1C(=O)N1CCC(CCOc2cccc(F)c2)CC1. The van der Waals surface area contributed by atoms with Crippen LogP contribution < -0.4 is 4.74 Å². The van der Waals surface area contributed by atoms with Crippen molar-refractivity contribution in [3.05, 3.63) is 48.0 Å². The standard InChI is InChI=1S/C19H24FN3O2/c1-2-23-18(6-10-21-23)19(24)22-11-7-15(8-12-22)9-13-25-17-5-3-4-16(20)14-17/h3-6,10,14-15H,2,7-9,11-13H2,1H3. The maximum absolute atomic E-state index is 13.1. The van der Waals surface area contributed by atoms with Gasteiger partial charge in [-0.15, -0.1) is 0 Å². The quantitative estimate of drug-likeness (QED) is 0.806. The van der Waals surface area contributed by atoms with Crippen LogP contribution in [-0.4, -0.2) is 40.3 Å². The van der Waals surface area contributed by atoms with Crippen LogP contribution in [0.4, 0.5) is 4.39 Å². The van der Waals surface area contributed by atoms with E-state index in [4.69, 9.17) is 4.74 Å². The van der Waals surface area contributed by atoms with Gasteiger partial charge in [0.05, 0.1) is 6.61 Å². The molecule has 2 aromatic rings. The van der Waals surface area contributed by atoms with Crippen LogP contribution in [-0.2, 0) is 6.54 Å². The van der Waals surface area contributed by atoms with Gasteiger partial charge in [-0.25, -0.2) is 4.39 Å². The Morgan fingerprint density at radius 3 is 2.84 bits per heavy atom. The van der Waals surface area contributed by atoms with Crippen molar-refractivity contribution in [3.63, 3.8) is 0 Å². The van der Waals surface area contributed by atoms with Gasteiger partial charge >= 0.3 is 0 Å². The maximum Gasteiger partial charge on any atom is 0.272 e. The van der Waals surface area contributed by atoms with Gasteiger partial charge in [0.1, 0.15) is 17.3 Å². The average molecular weight is 345 g/mol. The Balaban J connectivity index is 1.43. The lowest BCUT2D eigenvalue weighted by Crippen LogP contribution is -2.39. The minimum Gasteiger partial charge on any atom is -0.493 e. The van der Waals surface area contributed by atoms with Gasteiger partial charge in [0.25, 0.3) is 5.91 Å². The van der Waals surface area contributed by atoms with Crippen LogP contribution in [0.1, 0.15) is 36.7 Å². The number of hydrogen-bond acceptors (Lipinski definition) is 3. The largest absolute Gasteiger partial charge is 0.493 e. The van der Waals surface area contributed by atoms with E-state index in [0.29, 0.717) is 30.5 Å². The van der Waals surface area contributed by atoms with Gasteiger partial charge in [-0.1, -0.05) is 6.07 Å². The molecule has 0 unspecified atom stereocenters. The Kier molecular flexibility index (Phi) is 5.68. The van der Waals surface area contributed by atoms with Gasteiger partial charge in [0.15, 0.2) is 0 Å². The van der Waals surface area contributed by atoms with Gasteiger partial charge in [-0.05, 0) is 50.3 Å². The molecule has 1 aliphatic heterocycles. The van der Waals surface area contributed by atoms with Crippen LogP contribution in [0.25, 0.3) is 0 Å². The van der Waals surface area contributed by atoms with Crippen molar-refractivity contribution in [1.29, 1.82) is 0 Å². The Morgan fingerprint density at radius 1 is 1.32 bits per heavy atom. The smallest absolute Gasteiger partial charge is 0.272 e. The number of carbonyl (C=O) groups excluding carboxylic acids is 1. The maximum atomic E-state index is 13.1. The molecular formula is C19H24FN3O2. The number of rotatable bonds is 6. The highest BCUT2D eigenvalue weighted by atomic mass is 19.1. The molecule has 0 radical (unpaired) electrons. The number of carbonyl (C=O) groups is 1. The molecule has 0 bridgehead atoms. The number of aromatic nitrogens is 2. The summed E-state index contributed by atoms with van der Waals surface area (Å²) >= 11 is 0. The van der Waals surface area contributed by atoms with Crippen molar-refractivity contribution in [2.24, 2.45) is 5.92 Å². The third kappa shape index (κ3) is 4.38. The molecular weight excluding hydrogens is 321 g/mol. The summed E-state index contributed by atoms with van der Waals surface area (Å²) in [4.78, 5) is 14.5. The summed E-state index contributed by atoms with van der Waals surface area (Å²) in [5.41, 5.74) is 0.662. The first-order chi connectivity index (χ1) is 12.2. The number of nitrogens with zero attached hydrogens (tertiary/aromatic N) is 3. The third-order valence-corrected chi connectivity index (χ3v) is 4.73. The fourth-order valence-electron chi connectivity index (χ4n) is 3.25. The van der Waals surface area contributed by atoms with Crippen LogP contribution in [0.2, 0.25) is 0 Å². The molecule has 1 aromatic carbocycles. The third-order valence-electron chi connectivity index (χ3n) is 4.73. The zero-order valence-electron chi connectivity index (χ0n) is 14.5. The minimum atomic E-state index is -0.282. The molecule has 0 spiro atoms. The Labute approximate surface area is 147 Å². The molecule has 1 aromatic heterocycles. The van der Waals surface area contributed by atoms with Crippen molar-refractivity contribution in [2.75, 3.05) is 19.7 Å². The molecule has 0 atom stereocenters. The highest BCUT2D eigenvalue weighted by Gasteiger charge is 2.25. The molecule has 2 heterocycles. The Bertz CT molecular complexity index is 708. The van der Waals surface area contributed by atoms with E-state index >= 15 is 0 Å². The first-order valence-electron chi connectivity index (χ1n) is 8.87. The van der Waals surface area contributed by atoms with E-state index in [-0.39, 0.29) is 11.7 Å². The fraction of sp³-hybridized carbons (Fsp3) is 0.474. The predicted molar refractivity (Wildman–Crippen MR) is 93.0 cm³/mol. The van der Waals surface area contributed by atoms with E-state index in [9.17, 15) is 9.18 Å². The van der Waals surface area contributed by atoms with Gasteiger partial charge in [-0.2, -0.15) is 5.10 Å². The van der Waals surface area contributed by atoms with Crippen molar-refractivity contribution in [2.45, 2.75) is 32.7 Å². The molecule has 6 heteroatoms. The number of amides is 1. The summed E-state index contributed by atoms with van der Waals surface area (Å²) < 4.78 is 20.5. The van der Waals surface area contributed by atoms with Gasteiger partial charge < -0.3 is 9.64 Å². The van der Waals surface area contributed by atoms with Crippen LogP contribution in [0.3, 0.4) is 0 Å². The number of benzene rings is 1. The van der Waals surface area contributed by atoms with Crippen LogP contribution in [0.5, 0.6) is 5.75 Å². The molecule has 0 aliphatic carbocycles. The lowest BCUT2D eigenvalue weighted by molar-refractivity contribution is 0.0667. The lowest BCUT2D eigenvalue weighted by Gasteiger charge is -2.32. The van der Waals surface area contributed by atoms with Crippen molar-refractivity contribution in [3.8, 4) is 5.75 Å². The first kappa shape index (κ1) is 17.5. The fourth-order valence-corrected chi connectivity index (χ4v) is 3.25. The highest BCUT2D eigenvalue weighted by Crippen LogP contribution is 2.22. The molecule has 5 nitrogen and oxygen atoms in total. The lowest BCUT2D eigenvalue weighted by atomic mass is 9.94. The van der Waals surface area contributed by atoms with Gasteiger partial charge in [-0.3, -0.25) is 9.48 Å². The number of piperidine rings is 1. The second-order valence-electron chi connectivity index (χ2n) is 6.36. The van der Waals surface area contributed by atoms with E-state index in [1.54, 1.807) is 29.1 Å². The average Bonchev–Trinajstić information content (AvgIpc) is 3.10. The van der Waals surface area contributed by atoms with Gasteiger partial charge in [0.2, 0.25) is 0 Å². The van der Waals surface area contributed by atoms with Crippen LogP contribution >= 0.6 is 0 Å². The molecule has 25 heavy (non-hydrogen) atoms. The Hall–Kier alpha value is -2.37. The Morgan fingerprint density at radius 2 is 2.12 bits per heavy atom. The molecule has 0 N–H and O–H groups in total. The highest BCUT2D eigenvalue weighted by molar-refractivity contribution is 5.92. The number of ether oxygens (including phenoxy) is 1. The molecule has 134 valence electrons. The summed E-state index contributed by atoms with van der Waals surface area (Å²) in [5, 5.41) is 4.17. The van der Waals surface area contributed by atoms with Gasteiger partial charge in [0, 0.05) is 31.9 Å². The monoisotopic (exact) mass is 345 g/mol. The van der Waals surface area contributed by atoms with E-state index < -0.39 is 0 Å². The second-order valence-corrected chi connectivity index (χ2v) is 6.36. The van der Waals surface area contributed by atoms with E-state index in [2.05, 4.69) is 5.10 Å². The number of likely N-dealkylation sites (tertiary alicyclic amines) is 1. The zero-order chi connectivity index (χ0) is 17.6. The number of halogens is 1. The normalized spacial score (nSPS) is 15.4. The number of aryl methyl sites for hydroxylation is 1. The molecule has 3 rings (SSSR count). The molecule has 1 amide bonds. The van der Waals surface area contributed by atoms with E-state index in [0.717, 1.165) is 32.4 Å². The molecule has 0 saturated carbocycles. The molecule has 1 fully saturated rings. The molecule has 1 saturated heterocycles.